The van der Waals surface area contributed by atoms with E-state index in [-0.39, 0.29) is 6.10 Å². The molecule has 2 aromatic rings. The Hall–Kier alpha value is -2.69. The topological polar surface area (TPSA) is 49.3 Å². The standard InChI is InChI=1S/C18H17NO4/c1-20-14-4-2-3-13(9-14)16-10-15(23-19-16)7-12-5-6-17-18(8-12)22-11-21-17/h2-6,8-9,15H,7,10-11H2,1H3/t15-/m0/s1. The summed E-state index contributed by atoms with van der Waals surface area (Å²) in [5.74, 6) is 2.42. The maximum atomic E-state index is 5.59. The molecule has 0 saturated carbocycles. The summed E-state index contributed by atoms with van der Waals surface area (Å²) in [6.07, 6.45) is 1.60. The summed E-state index contributed by atoms with van der Waals surface area (Å²) < 4.78 is 16.0. The van der Waals surface area contributed by atoms with E-state index < -0.39 is 0 Å². The monoisotopic (exact) mass is 311 g/mol. The summed E-state index contributed by atoms with van der Waals surface area (Å²) in [5, 5.41) is 4.24. The van der Waals surface area contributed by atoms with Crippen LogP contribution in [0.15, 0.2) is 47.6 Å². The van der Waals surface area contributed by atoms with E-state index in [9.17, 15) is 0 Å². The Labute approximate surface area is 134 Å². The van der Waals surface area contributed by atoms with E-state index in [2.05, 4.69) is 5.16 Å². The molecular formula is C18H17NO4. The van der Waals surface area contributed by atoms with Gasteiger partial charge < -0.3 is 19.0 Å². The van der Waals surface area contributed by atoms with Gasteiger partial charge in [0.15, 0.2) is 11.5 Å². The molecule has 0 radical (unpaired) electrons. The molecule has 2 heterocycles. The summed E-state index contributed by atoms with van der Waals surface area (Å²) in [4.78, 5) is 5.59. The Balaban J connectivity index is 1.43. The molecule has 0 aromatic heterocycles. The van der Waals surface area contributed by atoms with E-state index in [4.69, 9.17) is 19.0 Å². The first kappa shape index (κ1) is 13.9. The van der Waals surface area contributed by atoms with Crippen molar-refractivity contribution in [2.75, 3.05) is 13.9 Å². The molecule has 4 rings (SSSR count). The maximum absolute atomic E-state index is 5.59. The number of benzene rings is 2. The van der Waals surface area contributed by atoms with E-state index in [0.29, 0.717) is 6.79 Å². The van der Waals surface area contributed by atoms with Crippen LogP contribution in [0.2, 0.25) is 0 Å². The summed E-state index contributed by atoms with van der Waals surface area (Å²) >= 11 is 0. The fraction of sp³-hybridized carbons (Fsp3) is 0.278. The van der Waals surface area contributed by atoms with Gasteiger partial charge in [-0.25, -0.2) is 0 Å². The van der Waals surface area contributed by atoms with Gasteiger partial charge in [0.25, 0.3) is 0 Å². The molecule has 0 N–H and O–H groups in total. The Bertz CT molecular complexity index is 756. The van der Waals surface area contributed by atoms with Crippen molar-refractivity contribution in [2.24, 2.45) is 5.16 Å². The zero-order chi connectivity index (χ0) is 15.6. The largest absolute Gasteiger partial charge is 0.497 e. The lowest BCUT2D eigenvalue weighted by Gasteiger charge is -2.09. The van der Waals surface area contributed by atoms with Gasteiger partial charge in [0.2, 0.25) is 6.79 Å². The molecule has 23 heavy (non-hydrogen) atoms. The number of hydrogen-bond donors (Lipinski definition) is 0. The normalized spacial score (nSPS) is 18.5. The van der Waals surface area contributed by atoms with Gasteiger partial charge >= 0.3 is 0 Å². The van der Waals surface area contributed by atoms with E-state index in [1.807, 2.05) is 42.5 Å². The van der Waals surface area contributed by atoms with Gasteiger partial charge in [-0.3, -0.25) is 0 Å². The smallest absolute Gasteiger partial charge is 0.231 e. The average Bonchev–Trinajstić information content (AvgIpc) is 3.24. The van der Waals surface area contributed by atoms with Crippen molar-refractivity contribution in [1.29, 1.82) is 0 Å². The highest BCUT2D eigenvalue weighted by Gasteiger charge is 2.24. The van der Waals surface area contributed by atoms with Gasteiger partial charge in [-0.05, 0) is 29.8 Å². The van der Waals surface area contributed by atoms with Crippen LogP contribution >= 0.6 is 0 Å². The molecule has 5 nitrogen and oxygen atoms in total. The molecule has 0 fully saturated rings. The van der Waals surface area contributed by atoms with E-state index >= 15 is 0 Å². The SMILES string of the molecule is COc1cccc(C2=NO[C@@H](Cc3ccc4c(c3)OCO4)C2)c1. The summed E-state index contributed by atoms with van der Waals surface area (Å²) in [6, 6.07) is 13.9. The zero-order valence-electron chi connectivity index (χ0n) is 12.8. The minimum atomic E-state index is 0.0385. The Kier molecular flexibility index (Phi) is 3.54. The fourth-order valence-electron chi connectivity index (χ4n) is 2.84. The molecular weight excluding hydrogens is 294 g/mol. The molecule has 1 atom stereocenters. The third-order valence-corrected chi connectivity index (χ3v) is 4.04. The lowest BCUT2D eigenvalue weighted by molar-refractivity contribution is 0.0859. The van der Waals surface area contributed by atoms with Crippen molar-refractivity contribution in [2.45, 2.75) is 18.9 Å². The lowest BCUT2D eigenvalue weighted by Crippen LogP contribution is -2.11. The van der Waals surface area contributed by atoms with Crippen LogP contribution in [-0.2, 0) is 11.3 Å². The van der Waals surface area contributed by atoms with Gasteiger partial charge in [0.1, 0.15) is 11.9 Å². The van der Waals surface area contributed by atoms with Crippen LogP contribution in [0.1, 0.15) is 17.5 Å². The van der Waals surface area contributed by atoms with Gasteiger partial charge in [-0.2, -0.15) is 0 Å². The second-order valence-electron chi connectivity index (χ2n) is 5.59. The predicted molar refractivity (Wildman–Crippen MR) is 85.3 cm³/mol. The molecule has 2 aliphatic heterocycles. The number of fused-ring (bicyclic) bond motifs is 1. The van der Waals surface area contributed by atoms with Gasteiger partial charge in [0, 0.05) is 18.4 Å². The second-order valence-corrected chi connectivity index (χ2v) is 5.59. The second kappa shape index (κ2) is 5.83. The average molecular weight is 311 g/mol. The highest BCUT2D eigenvalue weighted by Crippen LogP contribution is 2.33. The van der Waals surface area contributed by atoms with Crippen molar-refractivity contribution in [3.8, 4) is 17.2 Å². The molecule has 0 aliphatic carbocycles. The number of oxime groups is 1. The van der Waals surface area contributed by atoms with Gasteiger partial charge in [0.05, 0.1) is 12.8 Å². The quantitative estimate of drug-likeness (QED) is 0.870. The molecule has 118 valence electrons. The van der Waals surface area contributed by atoms with Crippen LogP contribution in [0, 0.1) is 0 Å². The first-order chi connectivity index (χ1) is 11.3. The van der Waals surface area contributed by atoms with E-state index in [0.717, 1.165) is 46.9 Å². The van der Waals surface area contributed by atoms with Crippen LogP contribution in [-0.4, -0.2) is 25.7 Å². The molecule has 2 aromatic carbocycles. The summed E-state index contributed by atoms with van der Waals surface area (Å²) in [5.41, 5.74) is 3.15. The highest BCUT2D eigenvalue weighted by molar-refractivity contribution is 6.01. The van der Waals surface area contributed by atoms with Crippen LogP contribution in [0.25, 0.3) is 0 Å². The number of rotatable bonds is 4. The summed E-state index contributed by atoms with van der Waals surface area (Å²) in [7, 11) is 1.66. The van der Waals surface area contributed by atoms with Crippen LogP contribution < -0.4 is 14.2 Å². The molecule has 0 unspecified atom stereocenters. The molecule has 0 amide bonds. The van der Waals surface area contributed by atoms with Crippen molar-refractivity contribution in [1.82, 2.24) is 0 Å². The fourth-order valence-corrected chi connectivity index (χ4v) is 2.84. The maximum Gasteiger partial charge on any atom is 0.231 e. The van der Waals surface area contributed by atoms with E-state index in [1.165, 1.54) is 0 Å². The first-order valence-corrected chi connectivity index (χ1v) is 7.57. The minimum absolute atomic E-state index is 0.0385. The molecule has 5 heteroatoms. The third kappa shape index (κ3) is 2.82. The van der Waals surface area contributed by atoms with Gasteiger partial charge in [-0.15, -0.1) is 0 Å². The number of ether oxygens (including phenoxy) is 3. The molecule has 0 saturated heterocycles. The Morgan fingerprint density at radius 2 is 2.04 bits per heavy atom. The van der Waals surface area contributed by atoms with Crippen LogP contribution in [0.4, 0.5) is 0 Å². The van der Waals surface area contributed by atoms with E-state index in [1.54, 1.807) is 7.11 Å². The molecule has 0 bridgehead atoms. The number of nitrogens with zero attached hydrogens (tertiary/aromatic N) is 1. The van der Waals surface area contributed by atoms with Gasteiger partial charge in [-0.1, -0.05) is 23.4 Å². The minimum Gasteiger partial charge on any atom is -0.497 e. The van der Waals surface area contributed by atoms with Crippen molar-refractivity contribution >= 4 is 5.71 Å². The van der Waals surface area contributed by atoms with Crippen LogP contribution in [0.3, 0.4) is 0 Å². The van der Waals surface area contributed by atoms with Crippen molar-refractivity contribution in [3.05, 3.63) is 53.6 Å². The Morgan fingerprint density at radius 1 is 1.13 bits per heavy atom. The third-order valence-electron chi connectivity index (χ3n) is 4.04. The molecule has 2 aliphatic rings. The Morgan fingerprint density at radius 3 is 2.96 bits per heavy atom. The van der Waals surface area contributed by atoms with Crippen molar-refractivity contribution in [3.63, 3.8) is 0 Å². The zero-order valence-corrected chi connectivity index (χ0v) is 12.8. The van der Waals surface area contributed by atoms with Crippen LogP contribution in [0.5, 0.6) is 17.2 Å². The molecule has 0 spiro atoms. The first-order valence-electron chi connectivity index (χ1n) is 7.57. The van der Waals surface area contributed by atoms with Crippen molar-refractivity contribution < 1.29 is 19.0 Å². The predicted octanol–water partition coefficient (Wildman–Crippen LogP) is 3.16. The number of methoxy groups -OCH3 is 1. The summed E-state index contributed by atoms with van der Waals surface area (Å²) in [6.45, 7) is 0.293. The highest BCUT2D eigenvalue weighted by atomic mass is 16.7. The lowest BCUT2D eigenvalue weighted by atomic mass is 10.00. The number of hydrogen-bond acceptors (Lipinski definition) is 5.